The molecule has 0 spiro atoms. The van der Waals surface area contributed by atoms with Crippen molar-refractivity contribution in [3.63, 3.8) is 0 Å². The predicted octanol–water partition coefficient (Wildman–Crippen LogP) is 1.09. The molecular weight excluding hydrogens is 254 g/mol. The lowest BCUT2D eigenvalue weighted by molar-refractivity contribution is -0.135. The zero-order chi connectivity index (χ0) is 15.3. The van der Waals surface area contributed by atoms with E-state index in [4.69, 9.17) is 0 Å². The summed E-state index contributed by atoms with van der Waals surface area (Å²) in [6.45, 7) is 7.70. The first-order valence-electron chi connectivity index (χ1n) is 7.55. The van der Waals surface area contributed by atoms with Gasteiger partial charge in [0.2, 0.25) is 11.8 Å². The summed E-state index contributed by atoms with van der Waals surface area (Å²) in [5, 5.41) is 2.87. The molecule has 0 bridgehead atoms. The molecule has 2 amide bonds. The van der Waals surface area contributed by atoms with Gasteiger partial charge in [0, 0.05) is 19.0 Å². The summed E-state index contributed by atoms with van der Waals surface area (Å²) in [5.41, 5.74) is 0. The number of nitrogens with zero attached hydrogens (tertiary/aromatic N) is 2. The maximum absolute atomic E-state index is 12.6. The molecule has 1 N–H and O–H groups in total. The molecule has 0 aromatic heterocycles. The molecule has 20 heavy (non-hydrogen) atoms. The fourth-order valence-electron chi connectivity index (χ4n) is 2.53. The maximum atomic E-state index is 12.6. The molecule has 1 rings (SSSR count). The fraction of sp³-hybridized carbons (Fsp3) is 0.867. The first kappa shape index (κ1) is 17.0. The van der Waals surface area contributed by atoms with Gasteiger partial charge in [0.05, 0.1) is 0 Å². The Hall–Kier alpha value is -1.10. The van der Waals surface area contributed by atoms with Crippen molar-refractivity contribution in [2.45, 2.75) is 52.1 Å². The lowest BCUT2D eigenvalue weighted by Gasteiger charge is -2.31. The van der Waals surface area contributed by atoms with Crippen LogP contribution in [0.1, 0.15) is 40.0 Å². The van der Waals surface area contributed by atoms with E-state index >= 15 is 0 Å². The minimum Gasteiger partial charge on any atom is -0.344 e. The predicted molar refractivity (Wildman–Crippen MR) is 80.3 cm³/mol. The van der Waals surface area contributed by atoms with Crippen LogP contribution in [0.2, 0.25) is 0 Å². The van der Waals surface area contributed by atoms with Gasteiger partial charge in [0.25, 0.3) is 0 Å². The zero-order valence-electron chi connectivity index (χ0n) is 13.5. The second-order valence-corrected chi connectivity index (χ2v) is 6.47. The number of rotatable bonds is 6. The second kappa shape index (κ2) is 7.62. The first-order valence-corrected chi connectivity index (χ1v) is 7.55. The van der Waals surface area contributed by atoms with Gasteiger partial charge in [-0.25, -0.2) is 0 Å². The van der Waals surface area contributed by atoms with Crippen molar-refractivity contribution in [1.82, 2.24) is 15.1 Å². The van der Waals surface area contributed by atoms with Gasteiger partial charge in [0.1, 0.15) is 6.04 Å². The number of hydrogen-bond donors (Lipinski definition) is 1. The van der Waals surface area contributed by atoms with Crippen LogP contribution >= 0.6 is 0 Å². The number of nitrogens with one attached hydrogen (secondary N) is 1. The lowest BCUT2D eigenvalue weighted by Crippen LogP contribution is -2.48. The van der Waals surface area contributed by atoms with E-state index in [9.17, 15) is 9.59 Å². The van der Waals surface area contributed by atoms with Gasteiger partial charge >= 0.3 is 0 Å². The molecule has 1 saturated heterocycles. The van der Waals surface area contributed by atoms with Crippen LogP contribution in [-0.4, -0.2) is 60.9 Å². The molecule has 1 aliphatic heterocycles. The van der Waals surface area contributed by atoms with Crippen LogP contribution in [0.25, 0.3) is 0 Å². The third-order valence-corrected chi connectivity index (χ3v) is 3.73. The average Bonchev–Trinajstić information content (AvgIpc) is 2.46. The van der Waals surface area contributed by atoms with E-state index in [0.29, 0.717) is 25.3 Å². The summed E-state index contributed by atoms with van der Waals surface area (Å²) in [5.74, 6) is 0.461. The van der Waals surface area contributed by atoms with Gasteiger partial charge in [-0.3, -0.25) is 9.59 Å². The summed E-state index contributed by atoms with van der Waals surface area (Å²) < 4.78 is 0. The van der Waals surface area contributed by atoms with E-state index in [1.165, 1.54) is 0 Å². The SMILES string of the molecule is CC(C)CC1NC(=O)CCN(C(C)CCN(C)C)C1=O. The molecule has 1 fully saturated rings. The third-order valence-electron chi connectivity index (χ3n) is 3.73. The van der Waals surface area contributed by atoms with Crippen molar-refractivity contribution in [1.29, 1.82) is 0 Å². The van der Waals surface area contributed by atoms with E-state index in [1.807, 2.05) is 19.0 Å². The monoisotopic (exact) mass is 283 g/mol. The molecule has 2 atom stereocenters. The maximum Gasteiger partial charge on any atom is 0.245 e. The van der Waals surface area contributed by atoms with Crippen molar-refractivity contribution in [3.05, 3.63) is 0 Å². The van der Waals surface area contributed by atoms with Gasteiger partial charge in [-0.15, -0.1) is 0 Å². The smallest absolute Gasteiger partial charge is 0.245 e. The number of amides is 2. The molecule has 116 valence electrons. The van der Waals surface area contributed by atoms with Crippen LogP contribution in [-0.2, 0) is 9.59 Å². The Balaban J connectivity index is 2.73. The Morgan fingerprint density at radius 3 is 2.50 bits per heavy atom. The van der Waals surface area contributed by atoms with E-state index in [-0.39, 0.29) is 23.9 Å². The van der Waals surface area contributed by atoms with Crippen LogP contribution in [0.3, 0.4) is 0 Å². The van der Waals surface area contributed by atoms with Crippen LogP contribution in [0.15, 0.2) is 0 Å². The van der Waals surface area contributed by atoms with Crippen molar-refractivity contribution in [2.24, 2.45) is 5.92 Å². The summed E-state index contributed by atoms with van der Waals surface area (Å²) >= 11 is 0. The molecule has 1 aliphatic rings. The van der Waals surface area contributed by atoms with Gasteiger partial charge < -0.3 is 15.1 Å². The summed E-state index contributed by atoms with van der Waals surface area (Å²) in [6, 6.07) is -0.181. The molecule has 5 heteroatoms. The molecule has 0 aromatic carbocycles. The Morgan fingerprint density at radius 1 is 1.30 bits per heavy atom. The normalized spacial score (nSPS) is 22.1. The molecule has 0 aliphatic carbocycles. The van der Waals surface area contributed by atoms with Gasteiger partial charge in [-0.1, -0.05) is 13.8 Å². The highest BCUT2D eigenvalue weighted by Crippen LogP contribution is 2.15. The van der Waals surface area contributed by atoms with E-state index < -0.39 is 0 Å². The largest absolute Gasteiger partial charge is 0.344 e. The number of carbonyl (C=O) groups excluding carboxylic acids is 2. The molecule has 0 radical (unpaired) electrons. The highest BCUT2D eigenvalue weighted by atomic mass is 16.2. The Bertz CT molecular complexity index is 342. The fourth-order valence-corrected chi connectivity index (χ4v) is 2.53. The Kier molecular flexibility index (Phi) is 6.46. The minimum absolute atomic E-state index is 0.00805. The van der Waals surface area contributed by atoms with Crippen molar-refractivity contribution >= 4 is 11.8 Å². The van der Waals surface area contributed by atoms with Crippen LogP contribution in [0, 0.1) is 5.92 Å². The topological polar surface area (TPSA) is 52.7 Å². The second-order valence-electron chi connectivity index (χ2n) is 6.47. The van der Waals surface area contributed by atoms with Gasteiger partial charge in [-0.05, 0) is 46.3 Å². The Morgan fingerprint density at radius 2 is 1.95 bits per heavy atom. The Labute approximate surface area is 122 Å². The van der Waals surface area contributed by atoms with Crippen LogP contribution in [0.5, 0.6) is 0 Å². The molecule has 0 aromatic rings. The molecular formula is C15H29N3O2. The van der Waals surface area contributed by atoms with E-state index in [2.05, 4.69) is 31.0 Å². The average molecular weight is 283 g/mol. The summed E-state index contributed by atoms with van der Waals surface area (Å²) in [6.07, 6.45) is 2.05. The van der Waals surface area contributed by atoms with Crippen molar-refractivity contribution in [2.75, 3.05) is 27.2 Å². The van der Waals surface area contributed by atoms with Gasteiger partial charge in [0.15, 0.2) is 0 Å². The first-order chi connectivity index (χ1) is 9.31. The zero-order valence-corrected chi connectivity index (χ0v) is 13.5. The van der Waals surface area contributed by atoms with E-state index in [1.54, 1.807) is 0 Å². The van der Waals surface area contributed by atoms with E-state index in [0.717, 1.165) is 13.0 Å². The van der Waals surface area contributed by atoms with Crippen LogP contribution in [0.4, 0.5) is 0 Å². The standard InChI is InChI=1S/C15H29N3O2/c1-11(2)10-13-15(20)18(9-7-14(19)16-13)12(3)6-8-17(4)5/h11-13H,6-10H2,1-5H3,(H,16,19). The highest BCUT2D eigenvalue weighted by Gasteiger charge is 2.32. The van der Waals surface area contributed by atoms with Crippen molar-refractivity contribution < 1.29 is 9.59 Å². The summed E-state index contributed by atoms with van der Waals surface area (Å²) in [7, 11) is 4.06. The molecule has 1 heterocycles. The van der Waals surface area contributed by atoms with Gasteiger partial charge in [-0.2, -0.15) is 0 Å². The van der Waals surface area contributed by atoms with Crippen LogP contribution < -0.4 is 5.32 Å². The molecule has 0 saturated carbocycles. The van der Waals surface area contributed by atoms with Crippen molar-refractivity contribution in [3.8, 4) is 0 Å². The molecule has 5 nitrogen and oxygen atoms in total. The lowest BCUT2D eigenvalue weighted by atomic mass is 10.0. The highest BCUT2D eigenvalue weighted by molar-refractivity contribution is 5.90. The quantitative estimate of drug-likeness (QED) is 0.794. The minimum atomic E-state index is -0.355. The molecule has 2 unspecified atom stereocenters. The third kappa shape index (κ3) is 5.12. The summed E-state index contributed by atoms with van der Waals surface area (Å²) in [4.78, 5) is 28.4. The number of carbonyl (C=O) groups is 2. The number of hydrogen-bond acceptors (Lipinski definition) is 3.